The Hall–Kier alpha value is -3.67. The van der Waals surface area contributed by atoms with Crippen molar-refractivity contribution in [3.63, 3.8) is 0 Å². The van der Waals surface area contributed by atoms with Crippen molar-refractivity contribution in [3.05, 3.63) is 75.8 Å². The van der Waals surface area contributed by atoms with E-state index in [1.54, 1.807) is 6.92 Å². The van der Waals surface area contributed by atoms with Crippen LogP contribution in [0.3, 0.4) is 0 Å². The van der Waals surface area contributed by atoms with Crippen molar-refractivity contribution in [2.75, 3.05) is 11.9 Å². The highest BCUT2D eigenvalue weighted by molar-refractivity contribution is 6.34. The molecule has 2 aromatic heterocycles. The minimum Gasteiger partial charge on any atom is -0.312 e. The van der Waals surface area contributed by atoms with Gasteiger partial charge in [0.25, 0.3) is 0 Å². The molecule has 1 amide bonds. The van der Waals surface area contributed by atoms with E-state index in [-0.39, 0.29) is 23.2 Å². The number of amides is 1. The monoisotopic (exact) mass is 586 g/mol. The summed E-state index contributed by atoms with van der Waals surface area (Å²) in [6.07, 6.45) is -8.47. The van der Waals surface area contributed by atoms with Crippen LogP contribution in [0.5, 0.6) is 0 Å². The molecule has 5 nitrogen and oxygen atoms in total. The van der Waals surface area contributed by atoms with Gasteiger partial charge in [-0.05, 0) is 62.2 Å². The number of fused-ring (bicyclic) bond motifs is 1. The molecule has 0 saturated heterocycles. The van der Waals surface area contributed by atoms with Gasteiger partial charge < -0.3 is 4.90 Å². The molecule has 0 fully saturated rings. The lowest BCUT2D eigenvalue weighted by Gasteiger charge is -2.33. The number of aromatic nitrogens is 3. The summed E-state index contributed by atoms with van der Waals surface area (Å²) in [4.78, 5) is 19.6. The average molecular weight is 587 g/mol. The molecule has 4 rings (SSSR count). The predicted molar refractivity (Wildman–Crippen MR) is 137 cm³/mol. The number of nitrogens with zero attached hydrogens (tertiary/aromatic N) is 3. The third-order valence-electron chi connectivity index (χ3n) is 6.66. The Kier molecular flexibility index (Phi) is 7.37. The van der Waals surface area contributed by atoms with Gasteiger partial charge in [0.05, 0.1) is 39.1 Å². The van der Waals surface area contributed by atoms with Crippen LogP contribution in [0.1, 0.15) is 43.2 Å². The first-order valence-electron chi connectivity index (χ1n) is 11.9. The van der Waals surface area contributed by atoms with Crippen LogP contribution >= 0.6 is 11.6 Å². The van der Waals surface area contributed by atoms with E-state index in [4.69, 9.17) is 11.6 Å². The summed E-state index contributed by atoms with van der Waals surface area (Å²) in [6.45, 7) is 4.22. The summed E-state index contributed by atoms with van der Waals surface area (Å²) in [5.41, 5.74) is -3.86. The molecule has 0 unspecified atom stereocenters. The zero-order valence-electron chi connectivity index (χ0n) is 21.5. The van der Waals surface area contributed by atoms with E-state index in [0.29, 0.717) is 40.0 Å². The number of hydrogen-bond acceptors (Lipinski definition) is 3. The molecule has 0 aliphatic heterocycles. The third-order valence-corrected chi connectivity index (χ3v) is 6.98. The van der Waals surface area contributed by atoms with Crippen molar-refractivity contribution in [2.24, 2.45) is 0 Å². The van der Waals surface area contributed by atoms with Crippen LogP contribution in [0.25, 0.3) is 22.2 Å². The van der Waals surface area contributed by atoms with E-state index >= 15 is 0 Å². The molecule has 0 atom stereocenters. The Morgan fingerprint density at radius 2 is 1.55 bits per heavy atom. The fourth-order valence-corrected chi connectivity index (χ4v) is 4.80. The van der Waals surface area contributed by atoms with Gasteiger partial charge >= 0.3 is 12.4 Å². The molecule has 13 heteroatoms. The number of halogens is 8. The second-order valence-electron chi connectivity index (χ2n) is 9.68. The SMILES string of the molecule is CCc1nc2[nH]ncc2c(-c2ccc(F)cc2Cl)c1N(C)C(=O)C(C)(C)c1cc(C(F)(F)F)cc(C(F)(F)F)c1. The van der Waals surface area contributed by atoms with Crippen LogP contribution in [0.2, 0.25) is 5.02 Å². The summed E-state index contributed by atoms with van der Waals surface area (Å²) in [5.74, 6) is -1.43. The Morgan fingerprint density at radius 3 is 2.08 bits per heavy atom. The number of benzene rings is 2. The molecule has 212 valence electrons. The first kappa shape index (κ1) is 29.3. The zero-order valence-corrected chi connectivity index (χ0v) is 22.3. The maximum Gasteiger partial charge on any atom is 0.416 e. The maximum absolute atomic E-state index is 14.0. The topological polar surface area (TPSA) is 61.9 Å². The molecular formula is C27H22ClF7N4O. The van der Waals surface area contributed by atoms with Crippen LogP contribution in [0.15, 0.2) is 42.6 Å². The van der Waals surface area contributed by atoms with Gasteiger partial charge in [-0.15, -0.1) is 0 Å². The summed E-state index contributed by atoms with van der Waals surface area (Å²) in [7, 11) is 1.34. The van der Waals surface area contributed by atoms with E-state index in [0.717, 1.165) is 17.0 Å². The summed E-state index contributed by atoms with van der Waals surface area (Å²) in [6, 6.07) is 4.72. The quantitative estimate of drug-likeness (QED) is 0.241. The lowest BCUT2D eigenvalue weighted by atomic mass is 9.81. The zero-order chi connectivity index (χ0) is 29.8. The highest BCUT2D eigenvalue weighted by atomic mass is 35.5. The number of carbonyl (C=O) groups is 1. The summed E-state index contributed by atoms with van der Waals surface area (Å²) in [5, 5.41) is 7.15. The third kappa shape index (κ3) is 5.24. The van der Waals surface area contributed by atoms with Crippen molar-refractivity contribution in [1.82, 2.24) is 15.2 Å². The van der Waals surface area contributed by atoms with E-state index in [2.05, 4.69) is 15.2 Å². The van der Waals surface area contributed by atoms with Gasteiger partial charge in [0.1, 0.15) is 5.82 Å². The molecule has 0 bridgehead atoms. The number of aryl methyl sites for hydroxylation is 1. The fraction of sp³-hybridized carbons (Fsp3) is 0.296. The van der Waals surface area contributed by atoms with E-state index in [9.17, 15) is 35.5 Å². The van der Waals surface area contributed by atoms with Gasteiger partial charge in [-0.3, -0.25) is 9.89 Å². The molecular weight excluding hydrogens is 565 g/mol. The van der Waals surface area contributed by atoms with Gasteiger partial charge in [-0.2, -0.15) is 31.4 Å². The molecule has 2 aromatic carbocycles. The summed E-state index contributed by atoms with van der Waals surface area (Å²) < 4.78 is 95.2. The normalized spacial score (nSPS) is 12.7. The number of H-pyrrole nitrogens is 1. The van der Waals surface area contributed by atoms with E-state index in [1.807, 2.05) is 0 Å². The number of alkyl halides is 6. The molecule has 0 saturated carbocycles. The Balaban J connectivity index is 1.94. The van der Waals surface area contributed by atoms with Crippen molar-refractivity contribution < 1.29 is 35.5 Å². The van der Waals surface area contributed by atoms with Crippen molar-refractivity contribution >= 4 is 34.2 Å². The molecule has 0 aliphatic rings. The molecule has 0 spiro atoms. The molecule has 1 N–H and O–H groups in total. The van der Waals surface area contributed by atoms with Gasteiger partial charge in [0.2, 0.25) is 5.91 Å². The molecule has 0 radical (unpaired) electrons. The number of nitrogens with one attached hydrogen (secondary N) is 1. The van der Waals surface area contributed by atoms with Crippen molar-refractivity contribution in [1.29, 1.82) is 0 Å². The van der Waals surface area contributed by atoms with Crippen LogP contribution in [0, 0.1) is 5.82 Å². The Bertz CT molecular complexity index is 1580. The summed E-state index contributed by atoms with van der Waals surface area (Å²) >= 11 is 6.38. The van der Waals surface area contributed by atoms with Crippen molar-refractivity contribution in [3.8, 4) is 11.1 Å². The lowest BCUT2D eigenvalue weighted by Crippen LogP contribution is -2.42. The first-order valence-corrected chi connectivity index (χ1v) is 12.2. The standard InChI is InChI=1S/C27H22ClF7N4O/c1-5-20-22(21(18-12-36-38-23(18)37-20)17-7-6-16(29)11-19(17)28)39(4)24(40)25(2,3)13-8-14(26(30,31)32)10-15(9-13)27(33,34)35/h6-12H,5H2,1-4H3,(H,36,37,38). The Morgan fingerprint density at radius 1 is 0.975 bits per heavy atom. The maximum atomic E-state index is 14.0. The number of pyridine rings is 1. The highest BCUT2D eigenvalue weighted by Gasteiger charge is 2.41. The highest BCUT2D eigenvalue weighted by Crippen LogP contribution is 2.44. The van der Waals surface area contributed by atoms with Crippen LogP contribution < -0.4 is 4.90 Å². The molecule has 4 aromatic rings. The largest absolute Gasteiger partial charge is 0.416 e. The second-order valence-corrected chi connectivity index (χ2v) is 10.1. The van der Waals surface area contributed by atoms with Gasteiger partial charge in [-0.25, -0.2) is 9.37 Å². The van der Waals surface area contributed by atoms with Crippen LogP contribution in [0.4, 0.5) is 36.4 Å². The van der Waals surface area contributed by atoms with Gasteiger partial charge in [0, 0.05) is 23.6 Å². The molecule has 0 aliphatic carbocycles. The molecule has 2 heterocycles. The number of aromatic amines is 1. The number of rotatable bonds is 5. The second kappa shape index (κ2) is 10.1. The number of likely N-dealkylation sites (N-methyl/N-ethyl adjacent to an activating group) is 1. The first-order chi connectivity index (χ1) is 18.5. The van der Waals surface area contributed by atoms with E-state index in [1.165, 1.54) is 33.2 Å². The fourth-order valence-electron chi connectivity index (χ4n) is 4.54. The minimum absolute atomic E-state index is 0.00445. The average Bonchev–Trinajstić information content (AvgIpc) is 3.34. The molecule has 40 heavy (non-hydrogen) atoms. The van der Waals surface area contributed by atoms with Gasteiger partial charge in [0.15, 0.2) is 5.65 Å². The van der Waals surface area contributed by atoms with Crippen LogP contribution in [-0.2, 0) is 29.0 Å². The lowest BCUT2D eigenvalue weighted by molar-refractivity contribution is -0.143. The van der Waals surface area contributed by atoms with Crippen LogP contribution in [-0.4, -0.2) is 28.1 Å². The number of hydrogen-bond donors (Lipinski definition) is 1. The van der Waals surface area contributed by atoms with Crippen molar-refractivity contribution in [2.45, 2.75) is 45.0 Å². The minimum atomic E-state index is -5.08. The number of anilines is 1. The van der Waals surface area contributed by atoms with E-state index < -0.39 is 46.2 Å². The predicted octanol–water partition coefficient (Wildman–Crippen LogP) is 7.96. The smallest absolute Gasteiger partial charge is 0.312 e. The number of carbonyl (C=O) groups excluding carboxylic acids is 1. The Labute approximate surface area is 229 Å². The van der Waals surface area contributed by atoms with Gasteiger partial charge in [-0.1, -0.05) is 18.5 Å².